The second kappa shape index (κ2) is 9.10. The molecule has 0 aliphatic heterocycles. The Morgan fingerprint density at radius 3 is 2.60 bits per heavy atom. The molecular formula is C15H26N2O2S. The van der Waals surface area contributed by atoms with E-state index in [9.17, 15) is 9.90 Å². The minimum Gasteiger partial charge on any atom is -0.395 e. The number of aliphatic hydroxyl groups excluding tert-OH is 1. The molecule has 1 aromatic heterocycles. The quantitative estimate of drug-likeness (QED) is 0.760. The zero-order valence-electron chi connectivity index (χ0n) is 12.7. The van der Waals surface area contributed by atoms with Crippen LogP contribution in [-0.4, -0.2) is 53.6 Å². The Bertz CT molecular complexity index is 377. The highest BCUT2D eigenvalue weighted by atomic mass is 32.1. The molecule has 1 aromatic rings. The van der Waals surface area contributed by atoms with Crippen LogP contribution in [-0.2, 0) is 11.3 Å². The van der Waals surface area contributed by atoms with E-state index in [-0.39, 0.29) is 12.5 Å². The summed E-state index contributed by atoms with van der Waals surface area (Å²) >= 11 is 1.67. The van der Waals surface area contributed by atoms with Gasteiger partial charge >= 0.3 is 0 Å². The minimum absolute atomic E-state index is 0.0957. The van der Waals surface area contributed by atoms with Crippen molar-refractivity contribution in [2.75, 3.05) is 26.7 Å². The van der Waals surface area contributed by atoms with E-state index < -0.39 is 0 Å². The van der Waals surface area contributed by atoms with Crippen molar-refractivity contribution in [1.82, 2.24) is 9.80 Å². The highest BCUT2D eigenvalue weighted by Gasteiger charge is 2.20. The lowest BCUT2D eigenvalue weighted by molar-refractivity contribution is -0.132. The summed E-state index contributed by atoms with van der Waals surface area (Å²) < 4.78 is 0. The van der Waals surface area contributed by atoms with Gasteiger partial charge in [-0.25, -0.2) is 0 Å². The molecule has 1 rings (SSSR count). The average Bonchev–Trinajstić information content (AvgIpc) is 2.93. The summed E-state index contributed by atoms with van der Waals surface area (Å²) in [6, 6.07) is 4.41. The Labute approximate surface area is 126 Å². The van der Waals surface area contributed by atoms with E-state index in [1.807, 2.05) is 24.6 Å². The molecule has 4 nitrogen and oxygen atoms in total. The molecule has 0 atom stereocenters. The Balaban J connectivity index is 2.55. The van der Waals surface area contributed by atoms with Gasteiger partial charge in [0, 0.05) is 24.5 Å². The predicted octanol–water partition coefficient (Wildman–Crippen LogP) is 2.19. The number of hydrogen-bond donors (Lipinski definition) is 1. The van der Waals surface area contributed by atoms with Crippen LogP contribution in [0.3, 0.4) is 0 Å². The Morgan fingerprint density at radius 2 is 2.10 bits per heavy atom. The number of amides is 1. The number of nitrogens with zero attached hydrogens (tertiary/aromatic N) is 2. The summed E-state index contributed by atoms with van der Waals surface area (Å²) in [5, 5.41) is 11.2. The first-order chi connectivity index (χ1) is 9.62. The molecule has 0 aliphatic carbocycles. The van der Waals surface area contributed by atoms with Gasteiger partial charge in [0.15, 0.2) is 0 Å². The second-order valence-electron chi connectivity index (χ2n) is 4.99. The summed E-state index contributed by atoms with van der Waals surface area (Å²) in [5.74, 6) is 0.110. The lowest BCUT2D eigenvalue weighted by Gasteiger charge is -2.30. The molecule has 0 spiro atoms. The molecule has 0 saturated heterocycles. The maximum atomic E-state index is 12.3. The topological polar surface area (TPSA) is 43.8 Å². The fourth-order valence-electron chi connectivity index (χ4n) is 2.34. The van der Waals surface area contributed by atoms with Crippen molar-refractivity contribution in [3.63, 3.8) is 0 Å². The van der Waals surface area contributed by atoms with Crippen LogP contribution in [0.5, 0.6) is 0 Å². The molecule has 1 amide bonds. The maximum absolute atomic E-state index is 12.3. The highest BCUT2D eigenvalue weighted by molar-refractivity contribution is 7.09. The summed E-state index contributed by atoms with van der Waals surface area (Å²) in [4.78, 5) is 17.3. The fraction of sp³-hybridized carbons (Fsp3) is 0.667. The van der Waals surface area contributed by atoms with E-state index in [2.05, 4.69) is 18.7 Å². The second-order valence-corrected chi connectivity index (χ2v) is 6.03. The smallest absolute Gasteiger partial charge is 0.236 e. The molecule has 1 heterocycles. The molecule has 20 heavy (non-hydrogen) atoms. The molecule has 114 valence electrons. The van der Waals surface area contributed by atoms with Crippen molar-refractivity contribution >= 4 is 17.2 Å². The molecule has 5 heteroatoms. The van der Waals surface area contributed by atoms with Gasteiger partial charge in [-0.05, 0) is 24.3 Å². The van der Waals surface area contributed by atoms with Crippen LogP contribution in [0, 0.1) is 0 Å². The number of carbonyl (C=O) groups is 1. The number of hydrogen-bond acceptors (Lipinski definition) is 4. The van der Waals surface area contributed by atoms with Gasteiger partial charge in [-0.1, -0.05) is 19.9 Å². The molecule has 0 radical (unpaired) electrons. The van der Waals surface area contributed by atoms with Gasteiger partial charge in [0.05, 0.1) is 19.7 Å². The standard InChI is InChI=1S/C15H26N2O2S/c1-4-13(5-2)17(8-9-18)12-15(19)16(3)11-14-7-6-10-20-14/h6-7,10,13,18H,4-5,8-9,11-12H2,1-3H3. The van der Waals surface area contributed by atoms with Gasteiger partial charge in [0.25, 0.3) is 0 Å². The number of carbonyl (C=O) groups excluding carboxylic acids is 1. The first-order valence-electron chi connectivity index (χ1n) is 7.23. The van der Waals surface area contributed by atoms with Crippen LogP contribution < -0.4 is 0 Å². The number of thiophene rings is 1. The van der Waals surface area contributed by atoms with Crippen molar-refractivity contribution < 1.29 is 9.90 Å². The van der Waals surface area contributed by atoms with Crippen molar-refractivity contribution in [2.24, 2.45) is 0 Å². The van der Waals surface area contributed by atoms with Crippen LogP contribution in [0.1, 0.15) is 31.6 Å². The molecule has 0 saturated carbocycles. The number of likely N-dealkylation sites (N-methyl/N-ethyl adjacent to an activating group) is 1. The Hall–Kier alpha value is -0.910. The van der Waals surface area contributed by atoms with E-state index in [4.69, 9.17) is 0 Å². The van der Waals surface area contributed by atoms with E-state index in [1.54, 1.807) is 16.2 Å². The van der Waals surface area contributed by atoms with Gasteiger partial charge in [0.2, 0.25) is 5.91 Å². The largest absolute Gasteiger partial charge is 0.395 e. The first-order valence-corrected chi connectivity index (χ1v) is 8.11. The number of rotatable bonds is 9. The SMILES string of the molecule is CCC(CC)N(CCO)CC(=O)N(C)Cc1cccs1. The van der Waals surface area contributed by atoms with Crippen molar-refractivity contribution in [1.29, 1.82) is 0 Å². The Morgan fingerprint density at radius 1 is 1.40 bits per heavy atom. The normalized spacial score (nSPS) is 11.3. The molecule has 0 bridgehead atoms. The first kappa shape index (κ1) is 17.1. The van der Waals surface area contributed by atoms with E-state index in [1.165, 1.54) is 4.88 Å². The monoisotopic (exact) mass is 298 g/mol. The van der Waals surface area contributed by atoms with Crippen molar-refractivity contribution in [3.05, 3.63) is 22.4 Å². The fourth-order valence-corrected chi connectivity index (χ4v) is 3.10. The molecule has 0 aromatic carbocycles. The van der Waals surface area contributed by atoms with Gasteiger partial charge in [-0.2, -0.15) is 0 Å². The average molecular weight is 298 g/mol. The maximum Gasteiger partial charge on any atom is 0.236 e. The van der Waals surface area contributed by atoms with Crippen LogP contribution in [0.4, 0.5) is 0 Å². The van der Waals surface area contributed by atoms with Crippen molar-refractivity contribution in [3.8, 4) is 0 Å². The van der Waals surface area contributed by atoms with Gasteiger partial charge < -0.3 is 10.0 Å². The van der Waals surface area contributed by atoms with Gasteiger partial charge in [-0.3, -0.25) is 9.69 Å². The summed E-state index contributed by atoms with van der Waals surface area (Å²) in [6.45, 7) is 5.95. The highest BCUT2D eigenvalue weighted by Crippen LogP contribution is 2.12. The van der Waals surface area contributed by atoms with Crippen LogP contribution in [0.15, 0.2) is 17.5 Å². The molecular weight excluding hydrogens is 272 g/mol. The van der Waals surface area contributed by atoms with Crippen LogP contribution in [0.2, 0.25) is 0 Å². The predicted molar refractivity (Wildman–Crippen MR) is 83.8 cm³/mol. The zero-order chi connectivity index (χ0) is 15.0. The molecule has 0 aliphatic rings. The molecule has 1 N–H and O–H groups in total. The third-order valence-electron chi connectivity index (χ3n) is 3.58. The van der Waals surface area contributed by atoms with Crippen LogP contribution in [0.25, 0.3) is 0 Å². The van der Waals surface area contributed by atoms with Crippen LogP contribution >= 0.6 is 11.3 Å². The molecule has 0 fully saturated rings. The van der Waals surface area contributed by atoms with E-state index in [0.717, 1.165) is 12.8 Å². The van der Waals surface area contributed by atoms with E-state index >= 15 is 0 Å². The number of aliphatic hydroxyl groups is 1. The lowest BCUT2D eigenvalue weighted by Crippen LogP contribution is -2.44. The lowest BCUT2D eigenvalue weighted by atomic mass is 10.1. The third kappa shape index (κ3) is 5.23. The van der Waals surface area contributed by atoms with Gasteiger partial charge in [-0.15, -0.1) is 11.3 Å². The Kier molecular flexibility index (Phi) is 7.80. The summed E-state index contributed by atoms with van der Waals surface area (Å²) in [7, 11) is 1.84. The zero-order valence-corrected chi connectivity index (χ0v) is 13.5. The van der Waals surface area contributed by atoms with E-state index in [0.29, 0.717) is 25.7 Å². The summed E-state index contributed by atoms with van der Waals surface area (Å²) in [5.41, 5.74) is 0. The third-order valence-corrected chi connectivity index (χ3v) is 4.44. The summed E-state index contributed by atoms with van der Waals surface area (Å²) in [6.07, 6.45) is 2.00. The molecule has 0 unspecified atom stereocenters. The van der Waals surface area contributed by atoms with Gasteiger partial charge in [0.1, 0.15) is 0 Å². The minimum atomic E-state index is 0.0957. The van der Waals surface area contributed by atoms with Crippen molar-refractivity contribution in [2.45, 2.75) is 39.3 Å².